The highest BCUT2D eigenvalue weighted by Crippen LogP contribution is 2.26. The molecule has 0 unspecified atom stereocenters. The van der Waals surface area contributed by atoms with E-state index in [9.17, 15) is 4.79 Å². The van der Waals surface area contributed by atoms with Gasteiger partial charge in [-0.25, -0.2) is 0 Å². The van der Waals surface area contributed by atoms with Crippen molar-refractivity contribution in [2.75, 3.05) is 20.8 Å². The Morgan fingerprint density at radius 2 is 1.91 bits per heavy atom. The first-order valence-electron chi connectivity index (χ1n) is 7.31. The molecule has 22 heavy (non-hydrogen) atoms. The Bertz CT molecular complexity index is 499. The van der Waals surface area contributed by atoms with Gasteiger partial charge >= 0.3 is 0 Å². The second-order valence-corrected chi connectivity index (χ2v) is 4.70. The fraction of sp³-hybridized carbons (Fsp3) is 0.500. The molecular weight excluding hydrogens is 284 g/mol. The predicted octanol–water partition coefficient (Wildman–Crippen LogP) is 2.36. The molecule has 0 aliphatic heterocycles. The number of carbonyl (C=O) groups excluding carboxylic acids is 1. The molecule has 0 spiro atoms. The number of ether oxygens (including phenoxy) is 2. The largest absolute Gasteiger partial charge is 0.493 e. The first-order chi connectivity index (χ1) is 10.6. The van der Waals surface area contributed by atoms with Gasteiger partial charge < -0.3 is 19.6 Å². The third-order valence-electron chi connectivity index (χ3n) is 3.23. The number of carbonyl (C=O) groups is 1. The molecular formula is C16H24N2O4. The molecule has 0 aromatic heterocycles. The van der Waals surface area contributed by atoms with Crippen LogP contribution in [-0.4, -0.2) is 39.0 Å². The highest BCUT2D eigenvalue weighted by molar-refractivity contribution is 5.81. The average molecular weight is 308 g/mol. The van der Waals surface area contributed by atoms with Gasteiger partial charge in [0.15, 0.2) is 18.1 Å². The Morgan fingerprint density at radius 1 is 1.23 bits per heavy atom. The molecule has 6 nitrogen and oxygen atoms in total. The van der Waals surface area contributed by atoms with Gasteiger partial charge in [-0.1, -0.05) is 19.0 Å². The monoisotopic (exact) mass is 308 g/mol. The molecule has 0 fully saturated rings. The first kappa shape index (κ1) is 17.8. The lowest BCUT2D eigenvalue weighted by Crippen LogP contribution is -2.36. The summed E-state index contributed by atoms with van der Waals surface area (Å²) < 4.78 is 10.4. The minimum atomic E-state index is -0.168. The molecule has 1 rings (SSSR count). The quantitative estimate of drug-likeness (QED) is 0.561. The lowest BCUT2D eigenvalue weighted by molar-refractivity contribution is -0.126. The van der Waals surface area contributed by atoms with Crippen molar-refractivity contribution in [3.63, 3.8) is 0 Å². The van der Waals surface area contributed by atoms with Crippen molar-refractivity contribution in [3.8, 4) is 11.5 Å². The average Bonchev–Trinajstić information content (AvgIpc) is 2.56. The Hall–Kier alpha value is -2.24. The van der Waals surface area contributed by atoms with Crippen LogP contribution in [0.3, 0.4) is 0 Å². The second-order valence-electron chi connectivity index (χ2n) is 4.70. The van der Waals surface area contributed by atoms with Crippen LogP contribution in [0.4, 0.5) is 0 Å². The van der Waals surface area contributed by atoms with E-state index < -0.39 is 0 Å². The van der Waals surface area contributed by atoms with Crippen molar-refractivity contribution < 1.29 is 19.1 Å². The van der Waals surface area contributed by atoms with Crippen molar-refractivity contribution in [2.24, 2.45) is 5.16 Å². The minimum Gasteiger partial charge on any atom is -0.493 e. The zero-order valence-electron chi connectivity index (χ0n) is 13.6. The van der Waals surface area contributed by atoms with Crippen molar-refractivity contribution in [3.05, 3.63) is 23.8 Å². The number of rotatable bonds is 9. The second kappa shape index (κ2) is 9.65. The zero-order valence-corrected chi connectivity index (χ0v) is 13.6. The summed E-state index contributed by atoms with van der Waals surface area (Å²) in [5, 5.41) is 6.66. The zero-order chi connectivity index (χ0) is 16.4. The van der Waals surface area contributed by atoms with Crippen LogP contribution in [-0.2, 0) is 9.63 Å². The van der Waals surface area contributed by atoms with E-state index in [0.29, 0.717) is 11.5 Å². The van der Waals surface area contributed by atoms with E-state index in [-0.39, 0.29) is 18.6 Å². The predicted molar refractivity (Wildman–Crippen MR) is 85.6 cm³/mol. The molecule has 1 aromatic carbocycles. The van der Waals surface area contributed by atoms with Gasteiger partial charge in [0.25, 0.3) is 5.91 Å². The molecule has 0 heterocycles. The van der Waals surface area contributed by atoms with E-state index in [1.807, 2.05) is 19.9 Å². The molecule has 1 N–H and O–H groups in total. The van der Waals surface area contributed by atoms with Crippen LogP contribution in [0.15, 0.2) is 23.4 Å². The molecule has 1 amide bonds. The maximum Gasteiger partial charge on any atom is 0.260 e. The fourth-order valence-corrected chi connectivity index (χ4v) is 1.89. The van der Waals surface area contributed by atoms with E-state index >= 15 is 0 Å². The number of hydrogen-bond donors (Lipinski definition) is 1. The van der Waals surface area contributed by atoms with E-state index in [0.717, 1.165) is 18.4 Å². The summed E-state index contributed by atoms with van der Waals surface area (Å²) in [6.07, 6.45) is 3.32. The molecule has 0 aliphatic carbocycles. The van der Waals surface area contributed by atoms with E-state index in [4.69, 9.17) is 14.3 Å². The molecule has 0 bridgehead atoms. The van der Waals surface area contributed by atoms with Gasteiger partial charge in [-0.05, 0) is 31.0 Å². The molecule has 0 aliphatic rings. The first-order valence-corrected chi connectivity index (χ1v) is 7.31. The Morgan fingerprint density at radius 3 is 2.50 bits per heavy atom. The van der Waals surface area contributed by atoms with Crippen LogP contribution in [0.2, 0.25) is 0 Å². The summed E-state index contributed by atoms with van der Waals surface area (Å²) in [7, 11) is 3.14. The van der Waals surface area contributed by atoms with Gasteiger partial charge in [-0.3, -0.25) is 4.79 Å². The SMILES string of the molecule is CCC(CC)NC(=O)CO/N=C/c1ccc(OC)c(OC)c1. The molecule has 0 radical (unpaired) electrons. The molecule has 0 atom stereocenters. The summed E-state index contributed by atoms with van der Waals surface area (Å²) in [4.78, 5) is 16.6. The van der Waals surface area contributed by atoms with Crippen molar-refractivity contribution in [1.29, 1.82) is 0 Å². The summed E-state index contributed by atoms with van der Waals surface area (Å²) in [5.41, 5.74) is 0.790. The minimum absolute atomic E-state index is 0.0969. The maximum atomic E-state index is 11.6. The normalized spacial score (nSPS) is 10.8. The van der Waals surface area contributed by atoms with Crippen molar-refractivity contribution in [2.45, 2.75) is 32.7 Å². The maximum absolute atomic E-state index is 11.6. The number of methoxy groups -OCH3 is 2. The van der Waals surface area contributed by atoms with E-state index in [2.05, 4.69) is 10.5 Å². The Kier molecular flexibility index (Phi) is 7.81. The van der Waals surface area contributed by atoms with Crippen LogP contribution in [0.5, 0.6) is 11.5 Å². The molecule has 1 aromatic rings. The smallest absolute Gasteiger partial charge is 0.260 e. The number of oxime groups is 1. The van der Waals surface area contributed by atoms with Gasteiger partial charge in [-0.15, -0.1) is 0 Å². The van der Waals surface area contributed by atoms with Gasteiger partial charge in [-0.2, -0.15) is 0 Å². The van der Waals surface area contributed by atoms with Crippen LogP contribution in [0.1, 0.15) is 32.3 Å². The lowest BCUT2D eigenvalue weighted by Gasteiger charge is -2.13. The van der Waals surface area contributed by atoms with Crippen LogP contribution < -0.4 is 14.8 Å². The summed E-state index contributed by atoms with van der Waals surface area (Å²) >= 11 is 0. The molecule has 122 valence electrons. The van der Waals surface area contributed by atoms with Crippen molar-refractivity contribution >= 4 is 12.1 Å². The van der Waals surface area contributed by atoms with Crippen LogP contribution >= 0.6 is 0 Å². The lowest BCUT2D eigenvalue weighted by atomic mass is 10.2. The van der Waals surface area contributed by atoms with E-state index in [1.165, 1.54) is 6.21 Å². The topological polar surface area (TPSA) is 69.2 Å². The van der Waals surface area contributed by atoms with Gasteiger partial charge in [0, 0.05) is 11.6 Å². The van der Waals surface area contributed by atoms with Gasteiger partial charge in [0.2, 0.25) is 0 Å². The number of benzene rings is 1. The number of nitrogens with zero attached hydrogens (tertiary/aromatic N) is 1. The highest BCUT2D eigenvalue weighted by atomic mass is 16.6. The summed E-state index contributed by atoms with van der Waals surface area (Å²) in [5.74, 6) is 1.08. The molecule has 0 saturated heterocycles. The fourth-order valence-electron chi connectivity index (χ4n) is 1.89. The van der Waals surface area contributed by atoms with Crippen LogP contribution in [0.25, 0.3) is 0 Å². The highest BCUT2D eigenvalue weighted by Gasteiger charge is 2.08. The molecule has 0 saturated carbocycles. The van der Waals surface area contributed by atoms with Crippen LogP contribution in [0, 0.1) is 0 Å². The number of hydrogen-bond acceptors (Lipinski definition) is 5. The summed E-state index contributed by atoms with van der Waals surface area (Å²) in [6, 6.07) is 5.56. The Balaban J connectivity index is 2.47. The van der Waals surface area contributed by atoms with E-state index in [1.54, 1.807) is 26.4 Å². The van der Waals surface area contributed by atoms with Gasteiger partial charge in [0.1, 0.15) is 0 Å². The third-order valence-corrected chi connectivity index (χ3v) is 3.23. The summed E-state index contributed by atoms with van der Waals surface area (Å²) in [6.45, 7) is 3.97. The van der Waals surface area contributed by atoms with Gasteiger partial charge in [0.05, 0.1) is 20.4 Å². The Labute approximate surface area is 131 Å². The third kappa shape index (κ3) is 5.63. The van der Waals surface area contributed by atoms with Crippen molar-refractivity contribution in [1.82, 2.24) is 5.32 Å². The number of nitrogens with one attached hydrogen (secondary N) is 1. The molecule has 6 heteroatoms. The number of amides is 1. The standard InChI is InChI=1S/C16H24N2O4/c1-5-13(6-2)18-16(19)11-22-17-10-12-7-8-14(20-3)15(9-12)21-4/h7-10,13H,5-6,11H2,1-4H3,(H,18,19)/b17-10+.